The van der Waals surface area contributed by atoms with Crippen LogP contribution >= 0.6 is 11.8 Å². The van der Waals surface area contributed by atoms with E-state index in [0.29, 0.717) is 43.6 Å². The van der Waals surface area contributed by atoms with Crippen LogP contribution in [0.25, 0.3) is 6.08 Å². The Kier molecular flexibility index (Phi) is 5.38. The van der Waals surface area contributed by atoms with Gasteiger partial charge in [-0.2, -0.15) is 0 Å². The number of amides is 3. The second kappa shape index (κ2) is 7.71. The molecule has 2 saturated heterocycles. The standard InChI is InChI=1S/C17H16N2O6S/c20-14(18-5-7-25-8-6-18)10-19-15(21)13(26-17(19)24)9-11-3-1-2-4-12(11)16(22)23/h1-4,9H,5-8,10H2,(H,22,23)/b13-9-. The van der Waals surface area contributed by atoms with E-state index >= 15 is 0 Å². The van der Waals surface area contributed by atoms with Crippen LogP contribution in [0.4, 0.5) is 4.79 Å². The third-order valence-corrected chi connectivity index (χ3v) is 4.92. The highest BCUT2D eigenvalue weighted by atomic mass is 32.2. The van der Waals surface area contributed by atoms with E-state index in [9.17, 15) is 24.3 Å². The summed E-state index contributed by atoms with van der Waals surface area (Å²) < 4.78 is 5.17. The lowest BCUT2D eigenvalue weighted by atomic mass is 10.1. The van der Waals surface area contributed by atoms with Gasteiger partial charge in [-0.1, -0.05) is 18.2 Å². The molecule has 2 fully saturated rings. The van der Waals surface area contributed by atoms with Crippen LogP contribution in [0.5, 0.6) is 0 Å². The number of aromatic carboxylic acids is 1. The van der Waals surface area contributed by atoms with Crippen LogP contribution in [-0.4, -0.2) is 70.8 Å². The molecule has 0 unspecified atom stereocenters. The van der Waals surface area contributed by atoms with Gasteiger partial charge in [-0.15, -0.1) is 0 Å². The SMILES string of the molecule is O=C(O)c1ccccc1/C=C1\SC(=O)N(CC(=O)N2CCOCC2)C1=O. The fourth-order valence-electron chi connectivity index (χ4n) is 2.64. The molecule has 3 amide bonds. The summed E-state index contributed by atoms with van der Waals surface area (Å²) >= 11 is 0.696. The van der Waals surface area contributed by atoms with Gasteiger partial charge >= 0.3 is 5.97 Å². The molecule has 1 N–H and O–H groups in total. The zero-order chi connectivity index (χ0) is 18.7. The molecule has 2 aliphatic heterocycles. The lowest BCUT2D eigenvalue weighted by Crippen LogP contribution is -2.46. The first kappa shape index (κ1) is 18.2. The van der Waals surface area contributed by atoms with Gasteiger partial charge in [0.25, 0.3) is 11.1 Å². The minimum absolute atomic E-state index is 0.0312. The number of carbonyl (C=O) groups excluding carboxylic acids is 3. The zero-order valence-corrected chi connectivity index (χ0v) is 14.5. The molecule has 8 nitrogen and oxygen atoms in total. The lowest BCUT2D eigenvalue weighted by molar-refractivity contribution is -0.139. The second-order valence-electron chi connectivity index (χ2n) is 5.65. The second-order valence-corrected chi connectivity index (χ2v) is 6.65. The largest absolute Gasteiger partial charge is 0.478 e. The number of ether oxygens (including phenoxy) is 1. The predicted molar refractivity (Wildman–Crippen MR) is 93.5 cm³/mol. The highest BCUT2D eigenvalue weighted by molar-refractivity contribution is 8.18. The van der Waals surface area contributed by atoms with Crippen LogP contribution in [0.3, 0.4) is 0 Å². The van der Waals surface area contributed by atoms with Crippen LogP contribution < -0.4 is 0 Å². The molecular formula is C17H16N2O6S. The van der Waals surface area contributed by atoms with Crippen molar-refractivity contribution in [1.82, 2.24) is 9.80 Å². The van der Waals surface area contributed by atoms with E-state index in [0.717, 1.165) is 4.90 Å². The van der Waals surface area contributed by atoms with Crippen LogP contribution in [0.15, 0.2) is 29.2 Å². The van der Waals surface area contributed by atoms with Crippen molar-refractivity contribution < 1.29 is 29.0 Å². The maximum absolute atomic E-state index is 12.5. The summed E-state index contributed by atoms with van der Waals surface area (Å²) in [7, 11) is 0. The predicted octanol–water partition coefficient (Wildman–Crippen LogP) is 1.28. The normalized spacial score (nSPS) is 19.3. The van der Waals surface area contributed by atoms with Crippen molar-refractivity contribution in [3.05, 3.63) is 40.3 Å². The highest BCUT2D eigenvalue weighted by Gasteiger charge is 2.37. The van der Waals surface area contributed by atoms with Crippen LogP contribution in [0.2, 0.25) is 0 Å². The molecule has 136 valence electrons. The van der Waals surface area contributed by atoms with Crippen molar-refractivity contribution in [2.45, 2.75) is 0 Å². The van der Waals surface area contributed by atoms with Crippen molar-refractivity contribution in [1.29, 1.82) is 0 Å². The number of carbonyl (C=O) groups is 4. The molecule has 2 heterocycles. The Morgan fingerprint density at radius 2 is 1.88 bits per heavy atom. The van der Waals surface area contributed by atoms with Crippen LogP contribution in [0, 0.1) is 0 Å². The van der Waals surface area contributed by atoms with E-state index in [1.54, 1.807) is 23.1 Å². The monoisotopic (exact) mass is 376 g/mol. The summed E-state index contributed by atoms with van der Waals surface area (Å²) in [5.41, 5.74) is 0.355. The quantitative estimate of drug-likeness (QED) is 0.789. The smallest absolute Gasteiger partial charge is 0.336 e. The van der Waals surface area contributed by atoms with E-state index in [1.807, 2.05) is 0 Å². The van der Waals surface area contributed by atoms with E-state index in [-0.39, 0.29) is 22.9 Å². The molecule has 1 aromatic carbocycles. The summed E-state index contributed by atoms with van der Waals surface area (Å²) in [5.74, 6) is -2.04. The lowest BCUT2D eigenvalue weighted by Gasteiger charge is -2.28. The van der Waals surface area contributed by atoms with E-state index in [2.05, 4.69) is 0 Å². The van der Waals surface area contributed by atoms with Gasteiger partial charge in [-0.3, -0.25) is 19.3 Å². The number of morpholine rings is 1. The number of thioether (sulfide) groups is 1. The van der Waals surface area contributed by atoms with Gasteiger partial charge in [-0.25, -0.2) is 4.79 Å². The molecule has 26 heavy (non-hydrogen) atoms. The van der Waals surface area contributed by atoms with Crippen LogP contribution in [-0.2, 0) is 14.3 Å². The average molecular weight is 376 g/mol. The molecule has 0 aliphatic carbocycles. The molecule has 0 atom stereocenters. The number of carboxylic acids is 1. The third kappa shape index (κ3) is 3.78. The first-order valence-corrected chi connectivity index (χ1v) is 8.72. The van der Waals surface area contributed by atoms with Gasteiger partial charge in [0.1, 0.15) is 6.54 Å². The number of carboxylic acid groups (broad SMARTS) is 1. The van der Waals surface area contributed by atoms with Crippen molar-refractivity contribution in [2.24, 2.45) is 0 Å². The number of hydrogen-bond acceptors (Lipinski definition) is 6. The fourth-order valence-corrected chi connectivity index (χ4v) is 3.47. The average Bonchev–Trinajstić information content (AvgIpc) is 2.90. The number of rotatable bonds is 4. The minimum atomic E-state index is -1.13. The highest BCUT2D eigenvalue weighted by Crippen LogP contribution is 2.32. The maximum Gasteiger partial charge on any atom is 0.336 e. The molecule has 3 rings (SSSR count). The van der Waals surface area contributed by atoms with Crippen molar-refractivity contribution in [3.63, 3.8) is 0 Å². The van der Waals surface area contributed by atoms with Gasteiger partial charge in [0, 0.05) is 13.1 Å². The summed E-state index contributed by atoms with van der Waals surface area (Å²) in [6.07, 6.45) is 1.37. The molecule has 0 aromatic heterocycles. The molecule has 1 aromatic rings. The van der Waals surface area contributed by atoms with Gasteiger partial charge in [0.2, 0.25) is 5.91 Å². The molecule has 0 bridgehead atoms. The molecular weight excluding hydrogens is 360 g/mol. The minimum Gasteiger partial charge on any atom is -0.478 e. The topological polar surface area (TPSA) is 104 Å². The molecule has 0 radical (unpaired) electrons. The van der Waals surface area contributed by atoms with E-state index in [4.69, 9.17) is 4.74 Å². The van der Waals surface area contributed by atoms with Gasteiger partial charge in [0.15, 0.2) is 0 Å². The molecule has 0 spiro atoms. The number of benzene rings is 1. The first-order valence-electron chi connectivity index (χ1n) is 7.90. The molecule has 9 heteroatoms. The number of hydrogen-bond donors (Lipinski definition) is 1. The Balaban J connectivity index is 1.76. The molecule has 2 aliphatic rings. The third-order valence-electron chi connectivity index (χ3n) is 4.01. The molecule has 0 saturated carbocycles. The van der Waals surface area contributed by atoms with E-state index in [1.165, 1.54) is 12.1 Å². The Morgan fingerprint density at radius 1 is 1.19 bits per heavy atom. The Bertz CT molecular complexity index is 800. The zero-order valence-electron chi connectivity index (χ0n) is 13.7. The Morgan fingerprint density at radius 3 is 2.58 bits per heavy atom. The Labute approximate surface area is 153 Å². The van der Waals surface area contributed by atoms with Gasteiger partial charge in [-0.05, 0) is 29.5 Å². The summed E-state index contributed by atoms with van der Waals surface area (Å²) in [4.78, 5) is 50.7. The first-order chi connectivity index (χ1) is 12.5. The number of nitrogens with zero attached hydrogens (tertiary/aromatic N) is 2. The van der Waals surface area contributed by atoms with Gasteiger partial charge in [0.05, 0.1) is 23.7 Å². The van der Waals surface area contributed by atoms with Crippen molar-refractivity contribution in [2.75, 3.05) is 32.8 Å². The van der Waals surface area contributed by atoms with E-state index < -0.39 is 17.1 Å². The fraction of sp³-hybridized carbons (Fsp3) is 0.294. The van der Waals surface area contributed by atoms with Crippen LogP contribution in [0.1, 0.15) is 15.9 Å². The maximum atomic E-state index is 12.5. The number of imide groups is 1. The van der Waals surface area contributed by atoms with Crippen molar-refractivity contribution in [3.8, 4) is 0 Å². The summed E-state index contributed by atoms with van der Waals surface area (Å²) in [6, 6.07) is 6.19. The van der Waals surface area contributed by atoms with Crippen molar-refractivity contribution >= 4 is 40.9 Å². The Hall–Kier alpha value is -2.65. The summed E-state index contributed by atoms with van der Waals surface area (Å²) in [5, 5.41) is 8.67. The summed E-state index contributed by atoms with van der Waals surface area (Å²) in [6.45, 7) is 1.38. The van der Waals surface area contributed by atoms with Gasteiger partial charge < -0.3 is 14.7 Å².